The van der Waals surface area contributed by atoms with Crippen LogP contribution in [-0.2, 0) is 11.2 Å². The molecule has 24 heavy (non-hydrogen) atoms. The largest absolute Gasteiger partial charge is 0.496 e. The van der Waals surface area contributed by atoms with Gasteiger partial charge in [-0.1, -0.05) is 20.3 Å². The molecule has 1 aromatic carbocycles. The summed E-state index contributed by atoms with van der Waals surface area (Å²) in [5.74, 6) is 2.01. The second-order valence-electron chi connectivity index (χ2n) is 5.46. The Labute approximate surface area is 150 Å². The molecule has 0 radical (unpaired) electrons. The molecule has 138 valence electrons. The molecule has 0 saturated heterocycles. The number of hydrogen-bond donors (Lipinski definition) is 2. The Balaban J connectivity index is 0.00000529. The second kappa shape index (κ2) is 11.0. The molecule has 1 aromatic rings. The molecule has 0 aliphatic heterocycles. The van der Waals surface area contributed by atoms with Crippen LogP contribution in [0.25, 0.3) is 0 Å². The van der Waals surface area contributed by atoms with Gasteiger partial charge in [-0.25, -0.2) is 0 Å². The number of benzene rings is 1. The summed E-state index contributed by atoms with van der Waals surface area (Å²) in [4.78, 5) is 12.0. The van der Waals surface area contributed by atoms with E-state index < -0.39 is 6.04 Å². The molecule has 0 fully saturated rings. The van der Waals surface area contributed by atoms with E-state index in [0.717, 1.165) is 12.0 Å². The van der Waals surface area contributed by atoms with Crippen molar-refractivity contribution in [3.63, 3.8) is 0 Å². The molecule has 3 N–H and O–H groups in total. The Morgan fingerprint density at radius 1 is 1.17 bits per heavy atom. The first-order chi connectivity index (χ1) is 11.0. The summed E-state index contributed by atoms with van der Waals surface area (Å²) in [5.41, 5.74) is 6.81. The summed E-state index contributed by atoms with van der Waals surface area (Å²) in [5, 5.41) is 2.87. The lowest BCUT2D eigenvalue weighted by molar-refractivity contribution is -0.123. The Bertz CT molecular complexity index is 500. The molecule has 7 heteroatoms. The van der Waals surface area contributed by atoms with Gasteiger partial charge >= 0.3 is 0 Å². The van der Waals surface area contributed by atoms with Crippen molar-refractivity contribution in [3.05, 3.63) is 17.7 Å². The third kappa shape index (κ3) is 5.76. The van der Waals surface area contributed by atoms with E-state index in [9.17, 15) is 4.79 Å². The standard InChI is InChI=1S/C17H28N2O4.ClH/c1-6-11(2)16(18)17(20)19-8-7-13-14(22-4)9-12(21-3)10-15(13)23-5;/h9-11,16H,6-8,18H2,1-5H3,(H,19,20);1H. The maximum absolute atomic E-state index is 12.0. The number of rotatable bonds is 9. The second-order valence-corrected chi connectivity index (χ2v) is 5.46. The SMILES string of the molecule is CCC(C)C(N)C(=O)NCCc1c(OC)cc(OC)cc1OC.Cl. The summed E-state index contributed by atoms with van der Waals surface area (Å²) in [7, 11) is 4.77. The highest BCUT2D eigenvalue weighted by Crippen LogP contribution is 2.34. The molecular weight excluding hydrogens is 332 g/mol. The van der Waals surface area contributed by atoms with Crippen LogP contribution in [0, 0.1) is 5.92 Å². The first-order valence-electron chi connectivity index (χ1n) is 7.80. The molecule has 0 aliphatic carbocycles. The van der Waals surface area contributed by atoms with Crippen molar-refractivity contribution in [1.29, 1.82) is 0 Å². The predicted octanol–water partition coefficient (Wildman–Crippen LogP) is 2.17. The molecule has 0 heterocycles. The molecule has 0 aromatic heterocycles. The van der Waals surface area contributed by atoms with Gasteiger partial charge in [0.1, 0.15) is 17.2 Å². The third-order valence-corrected chi connectivity index (χ3v) is 4.05. The molecule has 0 saturated carbocycles. The van der Waals surface area contributed by atoms with Gasteiger partial charge in [0.25, 0.3) is 0 Å². The molecule has 1 amide bonds. The number of nitrogens with one attached hydrogen (secondary N) is 1. The van der Waals surface area contributed by atoms with Crippen LogP contribution in [0.15, 0.2) is 12.1 Å². The number of amides is 1. The topological polar surface area (TPSA) is 82.8 Å². The first kappa shape index (κ1) is 22.3. The van der Waals surface area contributed by atoms with Crippen LogP contribution < -0.4 is 25.3 Å². The molecular formula is C17H29ClN2O4. The van der Waals surface area contributed by atoms with E-state index in [1.165, 1.54) is 0 Å². The van der Waals surface area contributed by atoms with Crippen molar-refractivity contribution in [1.82, 2.24) is 5.32 Å². The van der Waals surface area contributed by atoms with E-state index >= 15 is 0 Å². The van der Waals surface area contributed by atoms with Gasteiger partial charge in [-0.05, 0) is 12.3 Å². The first-order valence-corrected chi connectivity index (χ1v) is 7.80. The molecule has 6 nitrogen and oxygen atoms in total. The van der Waals surface area contributed by atoms with Crippen LogP contribution >= 0.6 is 12.4 Å². The fraction of sp³-hybridized carbons (Fsp3) is 0.588. The molecule has 2 atom stereocenters. The van der Waals surface area contributed by atoms with Crippen molar-refractivity contribution in [2.24, 2.45) is 11.7 Å². The Kier molecular flexibility index (Phi) is 10.2. The van der Waals surface area contributed by atoms with E-state index in [-0.39, 0.29) is 24.2 Å². The average molecular weight is 361 g/mol. The molecule has 1 rings (SSSR count). The van der Waals surface area contributed by atoms with Crippen LogP contribution in [0.4, 0.5) is 0 Å². The lowest BCUT2D eigenvalue weighted by Crippen LogP contribution is -2.45. The van der Waals surface area contributed by atoms with Crippen LogP contribution in [0.1, 0.15) is 25.8 Å². The Morgan fingerprint density at radius 2 is 1.71 bits per heavy atom. The van der Waals surface area contributed by atoms with Crippen molar-refractivity contribution in [2.45, 2.75) is 32.7 Å². The Hall–Kier alpha value is -1.66. The number of carbonyl (C=O) groups excluding carboxylic acids is 1. The van der Waals surface area contributed by atoms with Crippen molar-refractivity contribution < 1.29 is 19.0 Å². The zero-order chi connectivity index (χ0) is 17.4. The van der Waals surface area contributed by atoms with E-state index in [1.54, 1.807) is 33.5 Å². The fourth-order valence-corrected chi connectivity index (χ4v) is 2.27. The normalized spacial score (nSPS) is 12.6. The minimum absolute atomic E-state index is 0. The van der Waals surface area contributed by atoms with Gasteiger partial charge in [0.2, 0.25) is 5.91 Å². The van der Waals surface area contributed by atoms with Crippen LogP contribution in [0.5, 0.6) is 17.2 Å². The monoisotopic (exact) mass is 360 g/mol. The third-order valence-electron chi connectivity index (χ3n) is 4.05. The number of ether oxygens (including phenoxy) is 3. The van der Waals surface area contributed by atoms with Crippen molar-refractivity contribution >= 4 is 18.3 Å². The number of hydrogen-bond acceptors (Lipinski definition) is 5. The van der Waals surface area contributed by atoms with Crippen LogP contribution in [0.3, 0.4) is 0 Å². The summed E-state index contributed by atoms with van der Waals surface area (Å²) >= 11 is 0. The summed E-state index contributed by atoms with van der Waals surface area (Å²) in [6, 6.07) is 3.11. The zero-order valence-corrected chi connectivity index (χ0v) is 15.9. The lowest BCUT2D eigenvalue weighted by atomic mass is 9.99. The maximum atomic E-state index is 12.0. The van der Waals surface area contributed by atoms with E-state index in [0.29, 0.717) is 30.2 Å². The number of methoxy groups -OCH3 is 3. The number of carbonyl (C=O) groups is 1. The van der Waals surface area contributed by atoms with E-state index in [4.69, 9.17) is 19.9 Å². The molecule has 0 spiro atoms. The van der Waals surface area contributed by atoms with E-state index in [2.05, 4.69) is 5.32 Å². The molecule has 0 bridgehead atoms. The van der Waals surface area contributed by atoms with Crippen LogP contribution in [-0.4, -0.2) is 39.8 Å². The van der Waals surface area contributed by atoms with Gasteiger partial charge in [0.15, 0.2) is 0 Å². The quantitative estimate of drug-likeness (QED) is 0.705. The van der Waals surface area contributed by atoms with Gasteiger partial charge in [0, 0.05) is 24.2 Å². The summed E-state index contributed by atoms with van der Waals surface area (Å²) in [6.07, 6.45) is 1.45. The number of nitrogens with two attached hydrogens (primary N) is 1. The van der Waals surface area contributed by atoms with E-state index in [1.807, 2.05) is 13.8 Å². The molecule has 0 aliphatic rings. The summed E-state index contributed by atoms with van der Waals surface area (Å²) in [6.45, 7) is 4.45. The maximum Gasteiger partial charge on any atom is 0.237 e. The van der Waals surface area contributed by atoms with Crippen molar-refractivity contribution in [3.8, 4) is 17.2 Å². The van der Waals surface area contributed by atoms with Gasteiger partial charge in [-0.15, -0.1) is 12.4 Å². The highest BCUT2D eigenvalue weighted by atomic mass is 35.5. The zero-order valence-electron chi connectivity index (χ0n) is 15.0. The average Bonchev–Trinajstić information content (AvgIpc) is 2.59. The smallest absolute Gasteiger partial charge is 0.237 e. The van der Waals surface area contributed by atoms with Gasteiger partial charge in [0.05, 0.1) is 27.4 Å². The molecule has 2 unspecified atom stereocenters. The fourth-order valence-electron chi connectivity index (χ4n) is 2.27. The lowest BCUT2D eigenvalue weighted by Gasteiger charge is -2.19. The van der Waals surface area contributed by atoms with Crippen molar-refractivity contribution in [2.75, 3.05) is 27.9 Å². The van der Waals surface area contributed by atoms with Gasteiger partial charge in [-0.2, -0.15) is 0 Å². The van der Waals surface area contributed by atoms with Gasteiger partial charge in [-0.3, -0.25) is 4.79 Å². The summed E-state index contributed by atoms with van der Waals surface area (Å²) < 4.78 is 16.0. The minimum Gasteiger partial charge on any atom is -0.496 e. The number of halogens is 1. The Morgan fingerprint density at radius 3 is 2.12 bits per heavy atom. The predicted molar refractivity (Wildman–Crippen MR) is 97.5 cm³/mol. The van der Waals surface area contributed by atoms with Crippen LogP contribution in [0.2, 0.25) is 0 Å². The minimum atomic E-state index is -0.486. The van der Waals surface area contributed by atoms with Gasteiger partial charge < -0.3 is 25.3 Å². The highest BCUT2D eigenvalue weighted by Gasteiger charge is 2.19. The highest BCUT2D eigenvalue weighted by molar-refractivity contribution is 5.85.